The number of esters is 1. The van der Waals surface area contributed by atoms with Gasteiger partial charge in [0.25, 0.3) is 5.91 Å². The van der Waals surface area contributed by atoms with E-state index in [1.807, 2.05) is 0 Å². The van der Waals surface area contributed by atoms with Crippen molar-refractivity contribution in [3.05, 3.63) is 12.2 Å². The molecule has 0 aromatic carbocycles. The SMILES string of the molecule is CCCCCCCCCC=C[C@@H](O)[C@H](O)[C@@H](O)[C@@H](OC)C(=O)N[C@H]1CC[C@@H](OC(=O)C2CCCCC2)CNC1=O. The lowest BCUT2D eigenvalue weighted by Crippen LogP contribution is -2.55. The zero-order valence-corrected chi connectivity index (χ0v) is 24.4. The van der Waals surface area contributed by atoms with E-state index >= 15 is 0 Å². The molecule has 0 spiro atoms. The van der Waals surface area contributed by atoms with Gasteiger partial charge in [-0.15, -0.1) is 0 Å². The van der Waals surface area contributed by atoms with Gasteiger partial charge in [-0.05, 0) is 38.5 Å². The predicted molar refractivity (Wildman–Crippen MR) is 151 cm³/mol. The molecule has 1 saturated carbocycles. The summed E-state index contributed by atoms with van der Waals surface area (Å²) in [6.45, 7) is 2.35. The number of aliphatic hydroxyl groups excluding tert-OH is 3. The van der Waals surface area contributed by atoms with E-state index in [9.17, 15) is 29.7 Å². The number of nitrogens with one attached hydrogen (secondary N) is 2. The molecule has 2 amide bonds. The van der Waals surface area contributed by atoms with Gasteiger partial charge in [-0.25, -0.2) is 0 Å². The minimum atomic E-state index is -1.72. The van der Waals surface area contributed by atoms with Gasteiger partial charge in [-0.2, -0.15) is 0 Å². The van der Waals surface area contributed by atoms with E-state index in [1.54, 1.807) is 6.08 Å². The van der Waals surface area contributed by atoms with Crippen molar-refractivity contribution in [1.29, 1.82) is 0 Å². The molecule has 2 rings (SSSR count). The van der Waals surface area contributed by atoms with Gasteiger partial charge in [-0.3, -0.25) is 14.4 Å². The minimum absolute atomic E-state index is 0.0934. The van der Waals surface area contributed by atoms with E-state index in [0.717, 1.165) is 51.4 Å². The smallest absolute Gasteiger partial charge is 0.309 e. The zero-order chi connectivity index (χ0) is 29.3. The van der Waals surface area contributed by atoms with Gasteiger partial charge in [0, 0.05) is 7.11 Å². The lowest BCUT2D eigenvalue weighted by molar-refractivity contribution is -0.155. The summed E-state index contributed by atoms with van der Waals surface area (Å²) >= 11 is 0. The van der Waals surface area contributed by atoms with Crippen molar-refractivity contribution in [2.24, 2.45) is 5.92 Å². The van der Waals surface area contributed by atoms with Crippen molar-refractivity contribution in [3.63, 3.8) is 0 Å². The second-order valence-electron chi connectivity index (χ2n) is 11.2. The molecule has 0 radical (unpaired) electrons. The Morgan fingerprint density at radius 3 is 2.33 bits per heavy atom. The summed E-state index contributed by atoms with van der Waals surface area (Å²) in [5, 5.41) is 36.6. The molecular formula is C30H52N2O8. The molecule has 0 aromatic heterocycles. The van der Waals surface area contributed by atoms with Crippen LogP contribution in [0.15, 0.2) is 12.2 Å². The Hall–Kier alpha value is -2.01. The monoisotopic (exact) mass is 568 g/mol. The van der Waals surface area contributed by atoms with Crippen molar-refractivity contribution in [2.45, 2.75) is 140 Å². The Morgan fingerprint density at radius 2 is 1.65 bits per heavy atom. The maximum Gasteiger partial charge on any atom is 0.309 e. The number of aliphatic hydroxyl groups is 3. The van der Waals surface area contributed by atoms with Crippen LogP contribution in [0.5, 0.6) is 0 Å². The first-order valence-corrected chi connectivity index (χ1v) is 15.3. The third-order valence-corrected chi connectivity index (χ3v) is 7.97. The lowest BCUT2D eigenvalue weighted by Gasteiger charge is -2.28. The van der Waals surface area contributed by atoms with Gasteiger partial charge in [0.2, 0.25) is 5.91 Å². The summed E-state index contributed by atoms with van der Waals surface area (Å²) < 4.78 is 10.8. The number of allylic oxidation sites excluding steroid dienone is 1. The van der Waals surface area contributed by atoms with Crippen molar-refractivity contribution >= 4 is 17.8 Å². The number of carbonyl (C=O) groups is 3. The fraction of sp³-hybridized carbons (Fsp3) is 0.833. The number of hydrogen-bond donors (Lipinski definition) is 5. The van der Waals surface area contributed by atoms with Crippen LogP contribution in [-0.2, 0) is 23.9 Å². The highest BCUT2D eigenvalue weighted by Crippen LogP contribution is 2.25. The van der Waals surface area contributed by atoms with Crippen LogP contribution in [0.3, 0.4) is 0 Å². The van der Waals surface area contributed by atoms with Crippen LogP contribution in [0.25, 0.3) is 0 Å². The molecule has 230 valence electrons. The summed E-state index contributed by atoms with van der Waals surface area (Å²) in [5.74, 6) is -1.54. The van der Waals surface area contributed by atoms with Gasteiger partial charge in [0.15, 0.2) is 6.10 Å². The molecule has 0 bridgehead atoms. The number of rotatable bonds is 17. The molecule has 5 N–H and O–H groups in total. The average Bonchev–Trinajstić information content (AvgIpc) is 3.13. The van der Waals surface area contributed by atoms with Crippen LogP contribution >= 0.6 is 0 Å². The van der Waals surface area contributed by atoms with Crippen LogP contribution in [-0.4, -0.2) is 83.3 Å². The molecule has 40 heavy (non-hydrogen) atoms. The highest BCUT2D eigenvalue weighted by molar-refractivity contribution is 5.89. The summed E-state index contributed by atoms with van der Waals surface area (Å²) in [6, 6.07) is -0.917. The van der Waals surface area contributed by atoms with Crippen molar-refractivity contribution < 1.29 is 39.2 Å². The number of methoxy groups -OCH3 is 1. The number of hydrogen-bond acceptors (Lipinski definition) is 8. The largest absolute Gasteiger partial charge is 0.460 e. The quantitative estimate of drug-likeness (QED) is 0.102. The topological polar surface area (TPSA) is 154 Å². The van der Waals surface area contributed by atoms with E-state index in [-0.39, 0.29) is 24.9 Å². The van der Waals surface area contributed by atoms with Crippen LogP contribution in [0, 0.1) is 5.92 Å². The molecule has 2 fully saturated rings. The fourth-order valence-electron chi connectivity index (χ4n) is 5.37. The van der Waals surface area contributed by atoms with Gasteiger partial charge in [0.05, 0.1) is 12.5 Å². The standard InChI is InChI=1S/C30H52N2O8/c1-3-4-5-6-7-8-9-10-14-17-24(33)25(34)26(35)27(39-2)29(37)32-23-19-18-22(20-31-28(23)36)40-30(38)21-15-12-11-13-16-21/h14,17,21-27,33-35H,3-13,15-16,18-20H2,1-2H3,(H,31,36)(H,32,37)/t22-,23+,24-,25+,26-,27-/m1/s1. The average molecular weight is 569 g/mol. The summed E-state index contributed by atoms with van der Waals surface area (Å²) in [4.78, 5) is 38.0. The summed E-state index contributed by atoms with van der Waals surface area (Å²) in [6.07, 6.45) is 10.8. The van der Waals surface area contributed by atoms with Gasteiger partial charge in [0.1, 0.15) is 30.5 Å². The Morgan fingerprint density at radius 1 is 0.975 bits per heavy atom. The van der Waals surface area contributed by atoms with Crippen LogP contribution in [0.2, 0.25) is 0 Å². The number of amides is 2. The third-order valence-electron chi connectivity index (χ3n) is 7.97. The molecular weight excluding hydrogens is 516 g/mol. The van der Waals surface area contributed by atoms with Gasteiger partial charge in [-0.1, -0.05) is 76.9 Å². The van der Waals surface area contributed by atoms with Crippen LogP contribution in [0.1, 0.15) is 103 Å². The summed E-state index contributed by atoms with van der Waals surface area (Å²) in [5.41, 5.74) is 0. The molecule has 1 aliphatic carbocycles. The Bertz CT molecular complexity index is 786. The third kappa shape index (κ3) is 11.8. The highest BCUT2D eigenvalue weighted by Gasteiger charge is 2.37. The molecule has 1 heterocycles. The fourth-order valence-corrected chi connectivity index (χ4v) is 5.37. The minimum Gasteiger partial charge on any atom is -0.460 e. The molecule has 0 unspecified atom stereocenters. The number of carbonyl (C=O) groups excluding carboxylic acids is 3. The van der Waals surface area contributed by atoms with E-state index in [4.69, 9.17) is 9.47 Å². The van der Waals surface area contributed by atoms with Gasteiger partial charge >= 0.3 is 5.97 Å². The predicted octanol–water partition coefficient (Wildman–Crippen LogP) is 2.67. The number of unbranched alkanes of at least 4 members (excludes halogenated alkanes) is 7. The second kappa shape index (κ2) is 19.2. The molecule has 2 aliphatic rings. The van der Waals surface area contributed by atoms with E-state index in [1.165, 1.54) is 45.3 Å². The summed E-state index contributed by atoms with van der Waals surface area (Å²) in [7, 11) is 1.21. The van der Waals surface area contributed by atoms with E-state index in [2.05, 4.69) is 17.6 Å². The first-order valence-electron chi connectivity index (χ1n) is 15.3. The molecule has 1 saturated heterocycles. The Balaban J connectivity index is 1.79. The Labute approximate surface area is 239 Å². The molecule has 6 atom stereocenters. The first kappa shape index (κ1) is 34.2. The van der Waals surface area contributed by atoms with Crippen LogP contribution < -0.4 is 10.6 Å². The zero-order valence-electron chi connectivity index (χ0n) is 24.4. The van der Waals surface area contributed by atoms with E-state index < -0.39 is 48.4 Å². The normalized spacial score (nSPS) is 23.6. The maximum atomic E-state index is 12.9. The molecule has 10 heteroatoms. The van der Waals surface area contributed by atoms with Gasteiger partial charge < -0.3 is 35.4 Å². The second-order valence-corrected chi connectivity index (χ2v) is 11.2. The van der Waals surface area contributed by atoms with E-state index in [0.29, 0.717) is 6.42 Å². The van der Waals surface area contributed by atoms with Crippen molar-refractivity contribution in [2.75, 3.05) is 13.7 Å². The molecule has 0 aromatic rings. The number of ether oxygens (including phenoxy) is 2. The lowest BCUT2D eigenvalue weighted by atomic mass is 9.89. The highest BCUT2D eigenvalue weighted by atomic mass is 16.5. The first-order chi connectivity index (χ1) is 19.3. The molecule has 1 aliphatic heterocycles. The Kier molecular flexibility index (Phi) is 16.4. The molecule has 10 nitrogen and oxygen atoms in total. The van der Waals surface area contributed by atoms with Crippen LogP contribution in [0.4, 0.5) is 0 Å². The maximum absolute atomic E-state index is 12.9. The van der Waals surface area contributed by atoms with Crippen molar-refractivity contribution in [3.8, 4) is 0 Å². The van der Waals surface area contributed by atoms with Crippen molar-refractivity contribution in [1.82, 2.24) is 10.6 Å².